The summed E-state index contributed by atoms with van der Waals surface area (Å²) >= 11 is 5.79. The number of carbonyl (C=O) groups excluding carboxylic acids is 1. The van der Waals surface area contributed by atoms with Crippen molar-refractivity contribution in [2.75, 3.05) is 13.1 Å². The Bertz CT molecular complexity index is 843. The van der Waals surface area contributed by atoms with E-state index in [1.165, 1.54) is 22.5 Å². The molecule has 0 aromatic heterocycles. The average Bonchev–Trinajstić information content (AvgIpc) is 3.12. The molecule has 24 heavy (non-hydrogen) atoms. The lowest BCUT2D eigenvalue weighted by molar-refractivity contribution is 0.0734. The van der Waals surface area contributed by atoms with E-state index in [1.807, 2.05) is 0 Å². The van der Waals surface area contributed by atoms with Crippen molar-refractivity contribution >= 4 is 27.6 Å². The normalized spacial score (nSPS) is 15.4. The molecule has 0 spiro atoms. The molecular formula is C17H16ClNO4S. The SMILES string of the molecule is O=C(Oc1ccc(Cl)cc1)c1cccc(S(=O)(=O)N2CCCC2)c1. The van der Waals surface area contributed by atoms with Crippen LogP contribution in [-0.2, 0) is 10.0 Å². The van der Waals surface area contributed by atoms with Crippen LogP contribution >= 0.6 is 11.6 Å². The second-order valence-corrected chi connectivity index (χ2v) is 7.86. The third-order valence-corrected chi connectivity index (χ3v) is 5.94. The molecule has 1 fully saturated rings. The van der Waals surface area contributed by atoms with Crippen molar-refractivity contribution in [3.05, 3.63) is 59.1 Å². The van der Waals surface area contributed by atoms with Gasteiger partial charge >= 0.3 is 5.97 Å². The van der Waals surface area contributed by atoms with Crippen LogP contribution in [0.4, 0.5) is 0 Å². The molecule has 0 atom stereocenters. The number of rotatable bonds is 4. The average molecular weight is 366 g/mol. The van der Waals surface area contributed by atoms with Crippen LogP contribution in [0.3, 0.4) is 0 Å². The summed E-state index contributed by atoms with van der Waals surface area (Å²) < 4.78 is 31.8. The lowest BCUT2D eigenvalue weighted by Crippen LogP contribution is -2.28. The highest BCUT2D eigenvalue weighted by molar-refractivity contribution is 7.89. The van der Waals surface area contributed by atoms with Gasteiger partial charge in [-0.25, -0.2) is 13.2 Å². The van der Waals surface area contributed by atoms with Crippen molar-refractivity contribution in [2.45, 2.75) is 17.7 Å². The number of esters is 1. The van der Waals surface area contributed by atoms with Crippen LogP contribution in [0.5, 0.6) is 5.75 Å². The molecule has 5 nitrogen and oxygen atoms in total. The quantitative estimate of drug-likeness (QED) is 0.615. The lowest BCUT2D eigenvalue weighted by atomic mass is 10.2. The largest absolute Gasteiger partial charge is 0.423 e. The third kappa shape index (κ3) is 3.61. The van der Waals surface area contributed by atoms with E-state index in [0.29, 0.717) is 23.9 Å². The Hall–Kier alpha value is -1.89. The number of ether oxygens (including phenoxy) is 1. The van der Waals surface area contributed by atoms with Crippen molar-refractivity contribution in [2.24, 2.45) is 0 Å². The zero-order chi connectivity index (χ0) is 17.2. The van der Waals surface area contributed by atoms with Gasteiger partial charge in [-0.2, -0.15) is 4.31 Å². The van der Waals surface area contributed by atoms with Gasteiger partial charge in [-0.1, -0.05) is 17.7 Å². The number of halogens is 1. The van der Waals surface area contributed by atoms with Gasteiger partial charge in [0.25, 0.3) is 0 Å². The predicted octanol–water partition coefficient (Wildman–Crippen LogP) is 3.34. The molecule has 0 saturated carbocycles. The van der Waals surface area contributed by atoms with E-state index in [0.717, 1.165) is 12.8 Å². The van der Waals surface area contributed by atoms with Gasteiger partial charge in [0.1, 0.15) is 5.75 Å². The van der Waals surface area contributed by atoms with E-state index in [2.05, 4.69) is 0 Å². The molecule has 1 heterocycles. The molecule has 7 heteroatoms. The molecule has 126 valence electrons. The van der Waals surface area contributed by atoms with E-state index >= 15 is 0 Å². The minimum atomic E-state index is -3.57. The summed E-state index contributed by atoms with van der Waals surface area (Å²) in [4.78, 5) is 12.3. The zero-order valence-electron chi connectivity index (χ0n) is 12.8. The van der Waals surface area contributed by atoms with E-state index in [4.69, 9.17) is 16.3 Å². The van der Waals surface area contributed by atoms with E-state index in [1.54, 1.807) is 30.3 Å². The van der Waals surface area contributed by atoms with Crippen LogP contribution in [0.2, 0.25) is 5.02 Å². The number of nitrogens with zero attached hydrogens (tertiary/aromatic N) is 1. The Morgan fingerprint density at radius 3 is 2.38 bits per heavy atom. The second-order valence-electron chi connectivity index (χ2n) is 5.48. The Morgan fingerprint density at radius 1 is 1.04 bits per heavy atom. The fraction of sp³-hybridized carbons (Fsp3) is 0.235. The highest BCUT2D eigenvalue weighted by Gasteiger charge is 2.27. The maximum atomic E-state index is 12.6. The topological polar surface area (TPSA) is 63.7 Å². The first-order valence-electron chi connectivity index (χ1n) is 7.55. The van der Waals surface area contributed by atoms with Gasteiger partial charge in [0.15, 0.2) is 0 Å². The first kappa shape index (κ1) is 17.0. The number of hydrogen-bond donors (Lipinski definition) is 0. The number of sulfonamides is 1. The molecule has 0 radical (unpaired) electrons. The lowest BCUT2D eigenvalue weighted by Gasteiger charge is -2.15. The van der Waals surface area contributed by atoms with E-state index in [9.17, 15) is 13.2 Å². The molecule has 1 saturated heterocycles. The van der Waals surface area contributed by atoms with Gasteiger partial charge in [0.2, 0.25) is 10.0 Å². The van der Waals surface area contributed by atoms with Crippen LogP contribution in [0.25, 0.3) is 0 Å². The summed E-state index contributed by atoms with van der Waals surface area (Å²) in [5.74, 6) is -0.270. The van der Waals surface area contributed by atoms with Crippen molar-refractivity contribution in [1.29, 1.82) is 0 Å². The standard InChI is InChI=1S/C17H16ClNO4S/c18-14-6-8-15(9-7-14)23-17(20)13-4-3-5-16(12-13)24(21,22)19-10-1-2-11-19/h3-9,12H,1-2,10-11H2. The fourth-order valence-corrected chi connectivity index (χ4v) is 4.22. The summed E-state index contributed by atoms with van der Waals surface area (Å²) in [7, 11) is -3.57. The molecule has 1 aliphatic heterocycles. The number of carbonyl (C=O) groups is 1. The van der Waals surface area contributed by atoms with Gasteiger partial charge in [0.05, 0.1) is 10.5 Å². The van der Waals surface area contributed by atoms with Crippen LogP contribution in [0.15, 0.2) is 53.4 Å². The van der Waals surface area contributed by atoms with Gasteiger partial charge in [-0.05, 0) is 55.3 Å². The fourth-order valence-electron chi connectivity index (χ4n) is 2.53. The Balaban J connectivity index is 1.82. The molecule has 0 aliphatic carbocycles. The predicted molar refractivity (Wildman–Crippen MR) is 90.8 cm³/mol. The third-order valence-electron chi connectivity index (χ3n) is 3.80. The Kier molecular flexibility index (Phi) is 4.89. The minimum absolute atomic E-state index is 0.106. The van der Waals surface area contributed by atoms with Crippen molar-refractivity contribution in [3.63, 3.8) is 0 Å². The number of benzene rings is 2. The van der Waals surface area contributed by atoms with Crippen LogP contribution < -0.4 is 4.74 Å². The molecule has 3 rings (SSSR count). The van der Waals surface area contributed by atoms with Crippen molar-refractivity contribution < 1.29 is 17.9 Å². The molecule has 0 N–H and O–H groups in total. The first-order chi connectivity index (χ1) is 11.5. The van der Waals surface area contributed by atoms with E-state index < -0.39 is 16.0 Å². The Morgan fingerprint density at radius 2 is 1.71 bits per heavy atom. The van der Waals surface area contributed by atoms with Crippen LogP contribution in [0.1, 0.15) is 23.2 Å². The summed E-state index contributed by atoms with van der Waals surface area (Å²) in [5.41, 5.74) is 0.185. The summed E-state index contributed by atoms with van der Waals surface area (Å²) in [6, 6.07) is 12.3. The van der Waals surface area contributed by atoms with Gasteiger partial charge in [-0.15, -0.1) is 0 Å². The Labute approximate surface area is 145 Å². The maximum absolute atomic E-state index is 12.6. The molecule has 1 aliphatic rings. The molecule has 0 bridgehead atoms. The van der Waals surface area contributed by atoms with Gasteiger partial charge < -0.3 is 4.74 Å². The van der Waals surface area contributed by atoms with Gasteiger partial charge in [-0.3, -0.25) is 0 Å². The smallest absolute Gasteiger partial charge is 0.343 e. The zero-order valence-corrected chi connectivity index (χ0v) is 14.4. The van der Waals surface area contributed by atoms with Crippen molar-refractivity contribution in [3.8, 4) is 5.75 Å². The highest BCUT2D eigenvalue weighted by atomic mass is 35.5. The molecule has 2 aromatic carbocycles. The van der Waals surface area contributed by atoms with Gasteiger partial charge in [0, 0.05) is 18.1 Å². The van der Waals surface area contributed by atoms with E-state index in [-0.39, 0.29) is 10.5 Å². The highest BCUT2D eigenvalue weighted by Crippen LogP contribution is 2.22. The van der Waals surface area contributed by atoms with Crippen molar-refractivity contribution in [1.82, 2.24) is 4.31 Å². The van der Waals surface area contributed by atoms with Crippen LogP contribution in [0, 0.1) is 0 Å². The molecule has 0 unspecified atom stereocenters. The summed E-state index contributed by atoms with van der Waals surface area (Å²) in [5, 5.41) is 0.536. The first-order valence-corrected chi connectivity index (χ1v) is 9.36. The van der Waals surface area contributed by atoms with Crippen LogP contribution in [-0.4, -0.2) is 31.8 Å². The maximum Gasteiger partial charge on any atom is 0.343 e. The minimum Gasteiger partial charge on any atom is -0.423 e. The number of hydrogen-bond acceptors (Lipinski definition) is 4. The molecular weight excluding hydrogens is 350 g/mol. The molecule has 2 aromatic rings. The second kappa shape index (κ2) is 6.93. The summed E-state index contributed by atoms with van der Waals surface area (Å²) in [6.07, 6.45) is 1.72. The monoisotopic (exact) mass is 365 g/mol. The summed E-state index contributed by atoms with van der Waals surface area (Å²) in [6.45, 7) is 1.03. The molecule has 0 amide bonds.